The lowest BCUT2D eigenvalue weighted by Gasteiger charge is -2.17. The lowest BCUT2D eigenvalue weighted by Crippen LogP contribution is -2.08. The predicted molar refractivity (Wildman–Crippen MR) is 80.6 cm³/mol. The van der Waals surface area contributed by atoms with Crippen LogP contribution in [0.5, 0.6) is 11.5 Å². The topological polar surface area (TPSA) is 74.6 Å². The zero-order valence-electron chi connectivity index (χ0n) is 12.4. The van der Waals surface area contributed by atoms with Crippen LogP contribution in [0.15, 0.2) is 34.1 Å². The molecule has 0 aromatic heterocycles. The Morgan fingerprint density at radius 1 is 0.810 bits per heavy atom. The van der Waals surface area contributed by atoms with E-state index in [0.29, 0.717) is 22.3 Å². The number of hydrogen-bond acceptors (Lipinski definition) is 4. The van der Waals surface area contributed by atoms with Gasteiger partial charge in [-0.15, -0.1) is 0 Å². The maximum atomic E-state index is 12.8. The van der Waals surface area contributed by atoms with Crippen LogP contribution in [0.4, 0.5) is 0 Å². The summed E-state index contributed by atoms with van der Waals surface area (Å²) in [5.41, 5.74) is 2.17. The Kier molecular flexibility index (Phi) is 3.72. The molecule has 0 atom stereocenters. The van der Waals surface area contributed by atoms with E-state index in [2.05, 4.69) is 0 Å². The van der Waals surface area contributed by atoms with Crippen LogP contribution in [-0.2, 0) is 9.84 Å². The van der Waals surface area contributed by atoms with Crippen molar-refractivity contribution in [1.82, 2.24) is 0 Å². The van der Waals surface area contributed by atoms with E-state index in [4.69, 9.17) is 0 Å². The van der Waals surface area contributed by atoms with E-state index < -0.39 is 15.6 Å². The normalized spacial score (nSPS) is 11.6. The lowest BCUT2D eigenvalue weighted by atomic mass is 10.0. The SMILES string of the molecule is Cc1ccccc1S(=O)(=O)c1c(C)c(C)c(C)c(O)c1O. The van der Waals surface area contributed by atoms with Crippen molar-refractivity contribution in [3.63, 3.8) is 0 Å². The van der Waals surface area contributed by atoms with Gasteiger partial charge in [0.1, 0.15) is 4.90 Å². The van der Waals surface area contributed by atoms with Gasteiger partial charge < -0.3 is 10.2 Å². The van der Waals surface area contributed by atoms with Crippen LogP contribution in [0.25, 0.3) is 0 Å². The predicted octanol–water partition coefficient (Wildman–Crippen LogP) is 3.16. The van der Waals surface area contributed by atoms with Crippen LogP contribution in [0, 0.1) is 27.7 Å². The smallest absolute Gasteiger partial charge is 0.210 e. The molecule has 0 saturated carbocycles. The first-order valence-corrected chi connectivity index (χ1v) is 8.00. The van der Waals surface area contributed by atoms with Crippen LogP contribution in [0.1, 0.15) is 22.3 Å². The number of rotatable bonds is 2. The number of phenolic OH excluding ortho intramolecular Hbond substituents is 2. The summed E-state index contributed by atoms with van der Waals surface area (Å²) in [5.74, 6) is -0.968. The van der Waals surface area contributed by atoms with Crippen molar-refractivity contribution in [2.75, 3.05) is 0 Å². The molecular formula is C16H18O4S. The van der Waals surface area contributed by atoms with E-state index >= 15 is 0 Å². The molecule has 21 heavy (non-hydrogen) atoms. The average Bonchev–Trinajstić information content (AvgIpc) is 2.43. The van der Waals surface area contributed by atoms with Gasteiger partial charge in [-0.05, 0) is 56.0 Å². The molecule has 2 rings (SSSR count). The molecule has 0 spiro atoms. The summed E-state index contributed by atoms with van der Waals surface area (Å²) >= 11 is 0. The van der Waals surface area contributed by atoms with E-state index in [1.165, 1.54) is 6.07 Å². The molecule has 0 saturated heterocycles. The Morgan fingerprint density at radius 2 is 1.38 bits per heavy atom. The van der Waals surface area contributed by atoms with Gasteiger partial charge in [-0.3, -0.25) is 0 Å². The molecule has 5 heteroatoms. The molecule has 0 aliphatic heterocycles. The summed E-state index contributed by atoms with van der Waals surface area (Å²) in [6.45, 7) is 6.69. The Balaban J connectivity index is 2.88. The number of aromatic hydroxyl groups is 2. The van der Waals surface area contributed by atoms with Gasteiger partial charge in [0.25, 0.3) is 0 Å². The van der Waals surface area contributed by atoms with Crippen molar-refractivity contribution < 1.29 is 18.6 Å². The highest BCUT2D eigenvalue weighted by Gasteiger charge is 2.29. The highest BCUT2D eigenvalue weighted by Crippen LogP contribution is 2.42. The van der Waals surface area contributed by atoms with Gasteiger partial charge in [-0.2, -0.15) is 0 Å². The second-order valence-electron chi connectivity index (χ2n) is 5.17. The van der Waals surface area contributed by atoms with Crippen LogP contribution in [-0.4, -0.2) is 18.6 Å². The number of aryl methyl sites for hydroxylation is 1. The zero-order valence-corrected chi connectivity index (χ0v) is 13.2. The van der Waals surface area contributed by atoms with E-state index in [-0.39, 0.29) is 15.5 Å². The van der Waals surface area contributed by atoms with Gasteiger partial charge in [0, 0.05) is 0 Å². The minimum absolute atomic E-state index is 0.131. The molecular weight excluding hydrogens is 288 g/mol. The third kappa shape index (κ3) is 2.27. The number of sulfone groups is 1. The molecule has 2 aromatic rings. The third-order valence-electron chi connectivity index (χ3n) is 3.91. The van der Waals surface area contributed by atoms with Gasteiger partial charge in [-0.1, -0.05) is 18.2 Å². The highest BCUT2D eigenvalue weighted by molar-refractivity contribution is 7.91. The monoisotopic (exact) mass is 306 g/mol. The van der Waals surface area contributed by atoms with Crippen molar-refractivity contribution in [3.05, 3.63) is 46.5 Å². The zero-order chi connectivity index (χ0) is 15.9. The summed E-state index contributed by atoms with van der Waals surface area (Å²) < 4.78 is 25.7. The van der Waals surface area contributed by atoms with E-state index in [0.717, 1.165) is 0 Å². The van der Waals surface area contributed by atoms with Gasteiger partial charge in [0.05, 0.1) is 4.90 Å². The molecule has 0 bridgehead atoms. The fourth-order valence-electron chi connectivity index (χ4n) is 2.39. The third-order valence-corrected chi connectivity index (χ3v) is 5.99. The standard InChI is InChI=1S/C16H18O4S/c1-9-7-5-6-8-13(9)21(19,20)16-12(4)10(2)11(3)14(17)15(16)18/h5-8,17-18H,1-4H3. The van der Waals surface area contributed by atoms with Crippen LogP contribution in [0.3, 0.4) is 0 Å². The Hall–Kier alpha value is -2.01. The van der Waals surface area contributed by atoms with Crippen LogP contribution >= 0.6 is 0 Å². The summed E-state index contributed by atoms with van der Waals surface area (Å²) in [7, 11) is -3.90. The average molecular weight is 306 g/mol. The minimum atomic E-state index is -3.90. The Labute approximate surface area is 124 Å². The quantitative estimate of drug-likeness (QED) is 0.836. The van der Waals surface area contributed by atoms with E-state index in [1.807, 2.05) is 0 Å². The maximum Gasteiger partial charge on any atom is 0.210 e. The summed E-state index contributed by atoms with van der Waals surface area (Å²) in [6.07, 6.45) is 0. The van der Waals surface area contributed by atoms with Gasteiger partial charge >= 0.3 is 0 Å². The molecule has 0 aliphatic carbocycles. The summed E-state index contributed by atoms with van der Waals surface area (Å²) in [5, 5.41) is 20.1. The molecule has 2 N–H and O–H groups in total. The van der Waals surface area contributed by atoms with Gasteiger partial charge in [0.15, 0.2) is 11.5 Å². The molecule has 0 aliphatic rings. The highest BCUT2D eigenvalue weighted by atomic mass is 32.2. The molecule has 0 amide bonds. The summed E-state index contributed by atoms with van der Waals surface area (Å²) in [4.78, 5) is -0.0940. The molecule has 4 nitrogen and oxygen atoms in total. The molecule has 0 unspecified atom stereocenters. The molecule has 0 radical (unpaired) electrons. The molecule has 0 fully saturated rings. The number of benzene rings is 2. The van der Waals surface area contributed by atoms with E-state index in [1.54, 1.807) is 45.9 Å². The lowest BCUT2D eigenvalue weighted by molar-refractivity contribution is 0.389. The second-order valence-corrected chi connectivity index (χ2v) is 7.03. The first kappa shape index (κ1) is 15.4. The minimum Gasteiger partial charge on any atom is -0.504 e. The van der Waals surface area contributed by atoms with Crippen molar-refractivity contribution in [1.29, 1.82) is 0 Å². The van der Waals surface area contributed by atoms with Gasteiger partial charge in [0.2, 0.25) is 9.84 Å². The first-order valence-electron chi connectivity index (χ1n) is 6.52. The van der Waals surface area contributed by atoms with Crippen LogP contribution in [0.2, 0.25) is 0 Å². The summed E-state index contributed by atoms with van der Waals surface area (Å²) in [6, 6.07) is 6.57. The number of hydrogen-bond donors (Lipinski definition) is 2. The van der Waals surface area contributed by atoms with E-state index in [9.17, 15) is 18.6 Å². The van der Waals surface area contributed by atoms with Crippen molar-refractivity contribution >= 4 is 9.84 Å². The Bertz CT molecular complexity index is 791. The fraction of sp³-hybridized carbons (Fsp3) is 0.250. The molecule has 112 valence electrons. The number of phenols is 2. The van der Waals surface area contributed by atoms with Crippen molar-refractivity contribution in [2.24, 2.45) is 0 Å². The molecule has 0 heterocycles. The molecule has 2 aromatic carbocycles. The van der Waals surface area contributed by atoms with Crippen LogP contribution < -0.4 is 0 Å². The van der Waals surface area contributed by atoms with Gasteiger partial charge in [-0.25, -0.2) is 8.42 Å². The fourth-order valence-corrected chi connectivity index (χ4v) is 4.27. The first-order chi connectivity index (χ1) is 9.69. The maximum absolute atomic E-state index is 12.8. The van der Waals surface area contributed by atoms with Crippen molar-refractivity contribution in [2.45, 2.75) is 37.5 Å². The van der Waals surface area contributed by atoms with Crippen molar-refractivity contribution in [3.8, 4) is 11.5 Å². The largest absolute Gasteiger partial charge is 0.504 e. The second kappa shape index (κ2) is 5.07. The Morgan fingerprint density at radius 3 is 1.95 bits per heavy atom.